The molecule has 6 nitrogen and oxygen atoms in total. The molecule has 0 saturated heterocycles. The van der Waals surface area contributed by atoms with Crippen LogP contribution in [0.1, 0.15) is 24.2 Å². The smallest absolute Gasteiger partial charge is 0.221 e. The summed E-state index contributed by atoms with van der Waals surface area (Å²) in [6.07, 6.45) is 5.01. The number of halogens is 2. The van der Waals surface area contributed by atoms with Crippen LogP contribution in [0, 0.1) is 17.4 Å². The van der Waals surface area contributed by atoms with Gasteiger partial charge in [-0.1, -0.05) is 11.6 Å². The fourth-order valence-electron chi connectivity index (χ4n) is 1.99. The summed E-state index contributed by atoms with van der Waals surface area (Å²) in [5.74, 6) is 0.0397. The van der Waals surface area contributed by atoms with Gasteiger partial charge in [-0.3, -0.25) is 14.2 Å². The SMILES string of the molecule is Cc1nn(CCCNC(=O)CCn2cc(I)c(C)n2)cc1Cl. The Kier molecular flexibility index (Phi) is 6.25. The van der Waals surface area contributed by atoms with Crippen LogP contribution in [0.3, 0.4) is 0 Å². The number of aromatic nitrogens is 4. The number of hydrogen-bond acceptors (Lipinski definition) is 3. The van der Waals surface area contributed by atoms with Crippen LogP contribution in [-0.2, 0) is 17.9 Å². The molecule has 0 aliphatic carbocycles. The molecule has 0 bridgehead atoms. The minimum absolute atomic E-state index is 0.0397. The van der Waals surface area contributed by atoms with Crippen LogP contribution in [0.4, 0.5) is 0 Å². The second-order valence-electron chi connectivity index (χ2n) is 5.10. The molecule has 2 aromatic rings. The van der Waals surface area contributed by atoms with Gasteiger partial charge in [0.1, 0.15) is 0 Å². The molecule has 0 unspecified atom stereocenters. The Balaban J connectivity index is 1.63. The third-order valence-electron chi connectivity index (χ3n) is 3.23. The lowest BCUT2D eigenvalue weighted by atomic mass is 10.3. The number of rotatable bonds is 7. The van der Waals surface area contributed by atoms with Crippen LogP contribution in [0.5, 0.6) is 0 Å². The number of aryl methyl sites for hydroxylation is 4. The van der Waals surface area contributed by atoms with Gasteiger partial charge < -0.3 is 5.32 Å². The van der Waals surface area contributed by atoms with E-state index in [4.69, 9.17) is 11.6 Å². The zero-order chi connectivity index (χ0) is 16.1. The summed E-state index contributed by atoms with van der Waals surface area (Å²) in [5, 5.41) is 12.2. The van der Waals surface area contributed by atoms with Crippen molar-refractivity contribution in [2.24, 2.45) is 0 Å². The Bertz CT molecular complexity index is 613. The summed E-state index contributed by atoms with van der Waals surface area (Å²) in [6.45, 7) is 5.80. The van der Waals surface area contributed by atoms with E-state index >= 15 is 0 Å². The van der Waals surface area contributed by atoms with Gasteiger partial charge >= 0.3 is 0 Å². The third kappa shape index (κ3) is 4.98. The largest absolute Gasteiger partial charge is 0.356 e. The topological polar surface area (TPSA) is 64.7 Å². The van der Waals surface area contributed by atoms with E-state index in [0.29, 0.717) is 24.5 Å². The van der Waals surface area contributed by atoms with E-state index in [1.165, 1.54) is 0 Å². The highest BCUT2D eigenvalue weighted by atomic mass is 127. The first-order valence-electron chi connectivity index (χ1n) is 7.11. The number of nitrogens with zero attached hydrogens (tertiary/aromatic N) is 4. The van der Waals surface area contributed by atoms with E-state index < -0.39 is 0 Å². The average molecular weight is 436 g/mol. The van der Waals surface area contributed by atoms with Crippen LogP contribution in [-0.4, -0.2) is 32.0 Å². The van der Waals surface area contributed by atoms with Crippen molar-refractivity contribution in [1.82, 2.24) is 24.9 Å². The number of hydrogen-bond donors (Lipinski definition) is 1. The Morgan fingerprint density at radius 3 is 2.50 bits per heavy atom. The minimum atomic E-state index is 0.0397. The molecule has 120 valence electrons. The fourth-order valence-corrected chi connectivity index (χ4v) is 2.57. The van der Waals surface area contributed by atoms with Crippen molar-refractivity contribution in [2.45, 2.75) is 39.8 Å². The fraction of sp³-hybridized carbons (Fsp3) is 0.500. The zero-order valence-corrected chi connectivity index (χ0v) is 15.6. The van der Waals surface area contributed by atoms with Gasteiger partial charge in [0.25, 0.3) is 0 Å². The Labute approximate surface area is 148 Å². The summed E-state index contributed by atoms with van der Waals surface area (Å²) in [5.41, 5.74) is 1.82. The summed E-state index contributed by atoms with van der Waals surface area (Å²) in [4.78, 5) is 11.8. The summed E-state index contributed by atoms with van der Waals surface area (Å²) in [7, 11) is 0. The van der Waals surface area contributed by atoms with Gasteiger partial charge in [-0.15, -0.1) is 0 Å². The Morgan fingerprint density at radius 2 is 1.91 bits per heavy atom. The van der Waals surface area contributed by atoms with E-state index in [0.717, 1.165) is 27.9 Å². The van der Waals surface area contributed by atoms with Crippen molar-refractivity contribution >= 4 is 40.1 Å². The van der Waals surface area contributed by atoms with Crippen LogP contribution in [0.25, 0.3) is 0 Å². The first kappa shape index (κ1) is 17.3. The standard InChI is InChI=1S/C14H19ClIN5O/c1-10-12(15)8-20(18-10)6-3-5-17-14(22)4-7-21-9-13(16)11(2)19-21/h8-9H,3-7H2,1-2H3,(H,17,22). The van der Waals surface area contributed by atoms with Crippen LogP contribution >= 0.6 is 34.2 Å². The predicted molar refractivity (Wildman–Crippen MR) is 93.9 cm³/mol. The maximum atomic E-state index is 11.8. The Morgan fingerprint density at radius 1 is 1.23 bits per heavy atom. The van der Waals surface area contributed by atoms with Gasteiger partial charge in [0.2, 0.25) is 5.91 Å². The molecule has 0 aliphatic heterocycles. The van der Waals surface area contributed by atoms with E-state index in [2.05, 4.69) is 38.1 Å². The molecule has 0 fully saturated rings. The van der Waals surface area contributed by atoms with Crippen LogP contribution < -0.4 is 5.32 Å². The van der Waals surface area contributed by atoms with Crippen molar-refractivity contribution in [2.75, 3.05) is 6.54 Å². The summed E-state index contributed by atoms with van der Waals surface area (Å²) < 4.78 is 4.73. The molecule has 0 spiro atoms. The molecule has 0 aliphatic rings. The Hall–Kier alpha value is -1.09. The van der Waals surface area contributed by atoms with Gasteiger partial charge in [0, 0.05) is 38.4 Å². The van der Waals surface area contributed by atoms with Crippen molar-refractivity contribution < 1.29 is 4.79 Å². The molecule has 2 rings (SSSR count). The highest BCUT2D eigenvalue weighted by molar-refractivity contribution is 14.1. The number of amides is 1. The lowest BCUT2D eigenvalue weighted by Gasteiger charge is -2.05. The summed E-state index contributed by atoms with van der Waals surface area (Å²) >= 11 is 8.18. The molecular formula is C14H19ClIN5O. The highest BCUT2D eigenvalue weighted by Gasteiger charge is 2.05. The van der Waals surface area contributed by atoms with Crippen molar-refractivity contribution in [3.8, 4) is 0 Å². The van der Waals surface area contributed by atoms with E-state index in [9.17, 15) is 4.79 Å². The molecular weight excluding hydrogens is 417 g/mol. The van der Waals surface area contributed by atoms with Gasteiger partial charge in [0.15, 0.2) is 0 Å². The molecule has 22 heavy (non-hydrogen) atoms. The lowest BCUT2D eigenvalue weighted by Crippen LogP contribution is -2.26. The maximum Gasteiger partial charge on any atom is 0.221 e. The second kappa shape index (κ2) is 7.96. The van der Waals surface area contributed by atoms with E-state index in [1.807, 2.05) is 24.7 Å². The normalized spacial score (nSPS) is 10.9. The van der Waals surface area contributed by atoms with Crippen molar-refractivity contribution in [3.05, 3.63) is 32.4 Å². The molecule has 0 saturated carbocycles. The van der Waals surface area contributed by atoms with Gasteiger partial charge in [-0.25, -0.2) is 0 Å². The molecule has 1 N–H and O–H groups in total. The molecule has 0 radical (unpaired) electrons. The molecule has 0 aromatic carbocycles. The molecule has 2 aromatic heterocycles. The molecule has 0 atom stereocenters. The highest BCUT2D eigenvalue weighted by Crippen LogP contribution is 2.12. The molecule has 1 amide bonds. The average Bonchev–Trinajstić information content (AvgIpc) is 2.96. The lowest BCUT2D eigenvalue weighted by molar-refractivity contribution is -0.121. The minimum Gasteiger partial charge on any atom is -0.356 e. The van der Waals surface area contributed by atoms with Crippen molar-refractivity contribution in [1.29, 1.82) is 0 Å². The second-order valence-corrected chi connectivity index (χ2v) is 6.67. The zero-order valence-electron chi connectivity index (χ0n) is 12.6. The number of carbonyl (C=O) groups is 1. The third-order valence-corrected chi connectivity index (χ3v) is 4.66. The van der Waals surface area contributed by atoms with Gasteiger partial charge in [0.05, 0.1) is 20.0 Å². The summed E-state index contributed by atoms with van der Waals surface area (Å²) in [6, 6.07) is 0. The van der Waals surface area contributed by atoms with Crippen LogP contribution in [0.2, 0.25) is 5.02 Å². The predicted octanol–water partition coefficient (Wildman–Crippen LogP) is 2.55. The molecule has 8 heteroatoms. The van der Waals surface area contributed by atoms with Crippen molar-refractivity contribution in [3.63, 3.8) is 0 Å². The van der Waals surface area contributed by atoms with Gasteiger partial charge in [-0.05, 0) is 42.9 Å². The quantitative estimate of drug-likeness (QED) is 0.537. The monoisotopic (exact) mass is 435 g/mol. The number of nitrogens with one attached hydrogen (secondary N) is 1. The maximum absolute atomic E-state index is 11.8. The van der Waals surface area contributed by atoms with Crippen LogP contribution in [0.15, 0.2) is 12.4 Å². The van der Waals surface area contributed by atoms with Gasteiger partial charge in [-0.2, -0.15) is 10.2 Å². The van der Waals surface area contributed by atoms with E-state index in [-0.39, 0.29) is 5.91 Å². The number of carbonyl (C=O) groups excluding carboxylic acids is 1. The van der Waals surface area contributed by atoms with E-state index in [1.54, 1.807) is 10.9 Å². The first-order chi connectivity index (χ1) is 10.5. The first-order valence-corrected chi connectivity index (χ1v) is 8.57. The molecule has 2 heterocycles.